The lowest BCUT2D eigenvalue weighted by atomic mass is 10.1. The zero-order chi connectivity index (χ0) is 23.3. The van der Waals surface area contributed by atoms with Crippen molar-refractivity contribution < 1.29 is 26.7 Å². The van der Waals surface area contributed by atoms with Gasteiger partial charge in [-0.2, -0.15) is 13.2 Å². The van der Waals surface area contributed by atoms with Gasteiger partial charge in [-0.25, -0.2) is 8.78 Å². The van der Waals surface area contributed by atoms with Gasteiger partial charge >= 0.3 is 6.18 Å². The maximum absolute atomic E-state index is 14.6. The van der Waals surface area contributed by atoms with Crippen LogP contribution >= 0.6 is 11.6 Å². The molecule has 3 nitrogen and oxygen atoms in total. The van der Waals surface area contributed by atoms with Gasteiger partial charge in [0.15, 0.2) is 6.17 Å². The summed E-state index contributed by atoms with van der Waals surface area (Å²) in [6, 6.07) is 11.1. The predicted molar refractivity (Wildman–Crippen MR) is 109 cm³/mol. The largest absolute Gasteiger partial charge is 0.417 e. The number of amides is 1. The Kier molecular flexibility index (Phi) is 7.11. The lowest BCUT2D eigenvalue weighted by Gasteiger charge is -2.14. The highest BCUT2D eigenvalue weighted by Crippen LogP contribution is 2.32. The maximum atomic E-state index is 14.6. The van der Waals surface area contributed by atoms with E-state index in [2.05, 4.69) is 22.1 Å². The van der Waals surface area contributed by atoms with Crippen LogP contribution in [-0.2, 0) is 6.18 Å². The Morgan fingerprint density at radius 3 is 2.38 bits per heavy atom. The van der Waals surface area contributed by atoms with E-state index in [-0.39, 0.29) is 10.7 Å². The molecule has 0 aliphatic heterocycles. The Balaban J connectivity index is 1.68. The molecule has 1 atom stereocenters. The Labute approximate surface area is 185 Å². The van der Waals surface area contributed by atoms with E-state index in [0.717, 1.165) is 18.2 Å². The number of pyridine rings is 1. The molecule has 0 aliphatic rings. The molecule has 0 saturated carbocycles. The second kappa shape index (κ2) is 9.79. The number of alkyl halides is 4. The van der Waals surface area contributed by atoms with Gasteiger partial charge in [0.1, 0.15) is 5.82 Å². The Bertz CT molecular complexity index is 1180. The van der Waals surface area contributed by atoms with Gasteiger partial charge in [-0.1, -0.05) is 35.6 Å². The molecule has 1 aromatic heterocycles. The summed E-state index contributed by atoms with van der Waals surface area (Å²) < 4.78 is 66.6. The molecule has 1 N–H and O–H groups in total. The number of nitrogens with zero attached hydrogens (tertiary/aromatic N) is 1. The number of rotatable bonds is 4. The highest BCUT2D eigenvalue weighted by atomic mass is 35.5. The Morgan fingerprint density at radius 1 is 1.06 bits per heavy atom. The average molecular weight is 465 g/mol. The first-order chi connectivity index (χ1) is 15.1. The molecule has 2 aromatic carbocycles. The summed E-state index contributed by atoms with van der Waals surface area (Å²) in [5.41, 5.74) is -0.996. The topological polar surface area (TPSA) is 42.0 Å². The van der Waals surface area contributed by atoms with Gasteiger partial charge in [0.25, 0.3) is 5.91 Å². The highest BCUT2D eigenvalue weighted by molar-refractivity contribution is 6.31. The minimum Gasteiger partial charge on any atom is -0.349 e. The van der Waals surface area contributed by atoms with Crippen LogP contribution in [-0.4, -0.2) is 17.4 Å². The SMILES string of the molecule is O=C(NCC(F)c1ncc(C#Cc2ccc(F)cc2)cc1Cl)c1ccccc1C(F)(F)F. The zero-order valence-electron chi connectivity index (χ0n) is 16.2. The number of hydrogen-bond donors (Lipinski definition) is 1. The standard InChI is InChI=1S/C23H14ClF5N2O/c24-19-11-15(6-5-14-7-9-16(25)10-8-14)12-30-21(19)20(26)13-31-22(32)17-3-1-2-4-18(17)23(27,28)29/h1-4,7-12,20H,13H2,(H,31,32). The number of halogens is 6. The van der Waals surface area contributed by atoms with Gasteiger partial charge in [-0.3, -0.25) is 9.78 Å². The fraction of sp³-hybridized carbons (Fsp3) is 0.130. The van der Waals surface area contributed by atoms with Crippen molar-refractivity contribution in [1.29, 1.82) is 0 Å². The summed E-state index contributed by atoms with van der Waals surface area (Å²) in [6.45, 7) is -0.627. The van der Waals surface area contributed by atoms with Crippen molar-refractivity contribution in [3.63, 3.8) is 0 Å². The third-order valence-corrected chi connectivity index (χ3v) is 4.58. The van der Waals surface area contributed by atoms with Crippen LogP contribution in [0.4, 0.5) is 22.0 Å². The molecule has 3 aromatic rings. The maximum Gasteiger partial charge on any atom is 0.417 e. The minimum absolute atomic E-state index is 0.0617. The van der Waals surface area contributed by atoms with Crippen molar-refractivity contribution in [2.45, 2.75) is 12.3 Å². The van der Waals surface area contributed by atoms with Crippen molar-refractivity contribution >= 4 is 17.5 Å². The van der Waals surface area contributed by atoms with Gasteiger partial charge in [0.05, 0.1) is 28.4 Å². The van der Waals surface area contributed by atoms with E-state index in [1.54, 1.807) is 0 Å². The van der Waals surface area contributed by atoms with Crippen molar-refractivity contribution in [2.75, 3.05) is 6.54 Å². The molecular formula is C23H14ClF5N2O. The molecule has 0 spiro atoms. The third kappa shape index (κ3) is 5.83. The number of hydrogen-bond acceptors (Lipinski definition) is 2. The molecule has 1 unspecified atom stereocenters. The lowest BCUT2D eigenvalue weighted by molar-refractivity contribution is -0.137. The summed E-state index contributed by atoms with van der Waals surface area (Å²) >= 11 is 6.06. The quantitative estimate of drug-likeness (QED) is 0.395. The van der Waals surface area contributed by atoms with Crippen LogP contribution in [0.25, 0.3) is 0 Å². The number of carbonyl (C=O) groups is 1. The monoisotopic (exact) mass is 464 g/mol. The fourth-order valence-corrected chi connectivity index (χ4v) is 3.01. The van der Waals surface area contributed by atoms with Gasteiger partial charge in [0.2, 0.25) is 0 Å². The van der Waals surface area contributed by atoms with Crippen LogP contribution in [0.3, 0.4) is 0 Å². The molecule has 0 fully saturated rings. The predicted octanol–water partition coefficient (Wildman–Crippen LogP) is 5.73. The molecule has 1 heterocycles. The van der Waals surface area contributed by atoms with Crippen molar-refractivity contribution in [1.82, 2.24) is 10.3 Å². The van der Waals surface area contributed by atoms with Gasteiger partial charge in [-0.15, -0.1) is 0 Å². The zero-order valence-corrected chi connectivity index (χ0v) is 16.9. The van der Waals surface area contributed by atoms with Crippen LogP contribution in [0.15, 0.2) is 60.8 Å². The molecule has 0 bridgehead atoms. The van der Waals surface area contributed by atoms with Crippen molar-refractivity contribution in [2.24, 2.45) is 0 Å². The molecule has 9 heteroatoms. The Hall–Kier alpha value is -3.44. The van der Waals surface area contributed by atoms with E-state index >= 15 is 0 Å². The molecule has 1 amide bonds. The van der Waals surface area contributed by atoms with E-state index in [0.29, 0.717) is 11.1 Å². The second-order valence-corrected chi connectivity index (χ2v) is 6.98. The molecule has 3 rings (SSSR count). The summed E-state index contributed by atoms with van der Waals surface area (Å²) in [6.07, 6.45) is -5.31. The van der Waals surface area contributed by atoms with Crippen molar-refractivity contribution in [3.8, 4) is 11.8 Å². The van der Waals surface area contributed by atoms with Gasteiger partial charge < -0.3 is 5.32 Å². The van der Waals surface area contributed by atoms with E-state index < -0.39 is 41.7 Å². The molecular weight excluding hydrogens is 451 g/mol. The smallest absolute Gasteiger partial charge is 0.349 e. The van der Waals surface area contributed by atoms with Crippen LogP contribution in [0.2, 0.25) is 5.02 Å². The first-order valence-corrected chi connectivity index (χ1v) is 9.54. The molecule has 0 aliphatic carbocycles. The van der Waals surface area contributed by atoms with Crippen LogP contribution in [0.1, 0.15) is 38.9 Å². The van der Waals surface area contributed by atoms with Crippen LogP contribution in [0, 0.1) is 17.7 Å². The van der Waals surface area contributed by atoms with E-state index in [1.165, 1.54) is 42.6 Å². The normalized spacial score (nSPS) is 11.9. The third-order valence-electron chi connectivity index (χ3n) is 4.28. The van der Waals surface area contributed by atoms with Crippen molar-refractivity contribution in [3.05, 3.63) is 99.6 Å². The average Bonchev–Trinajstić information content (AvgIpc) is 2.76. The van der Waals surface area contributed by atoms with Gasteiger partial charge in [0, 0.05) is 17.3 Å². The highest BCUT2D eigenvalue weighted by Gasteiger charge is 2.35. The molecule has 0 radical (unpaired) electrons. The second-order valence-electron chi connectivity index (χ2n) is 6.57. The number of carbonyl (C=O) groups excluding carboxylic acids is 1. The number of aromatic nitrogens is 1. The first-order valence-electron chi connectivity index (χ1n) is 9.16. The van der Waals surface area contributed by atoms with E-state index in [9.17, 15) is 26.7 Å². The summed E-state index contributed by atoms with van der Waals surface area (Å²) in [5.74, 6) is 4.08. The number of benzene rings is 2. The molecule has 164 valence electrons. The van der Waals surface area contributed by atoms with Crippen LogP contribution < -0.4 is 5.32 Å². The van der Waals surface area contributed by atoms with E-state index in [4.69, 9.17) is 11.6 Å². The lowest BCUT2D eigenvalue weighted by Crippen LogP contribution is -2.29. The van der Waals surface area contributed by atoms with Gasteiger partial charge in [-0.05, 0) is 42.5 Å². The minimum atomic E-state index is -4.72. The fourth-order valence-electron chi connectivity index (χ4n) is 2.73. The Morgan fingerprint density at radius 2 is 1.72 bits per heavy atom. The van der Waals surface area contributed by atoms with Crippen LogP contribution in [0.5, 0.6) is 0 Å². The summed E-state index contributed by atoms with van der Waals surface area (Å²) in [7, 11) is 0. The molecule has 0 saturated heterocycles. The summed E-state index contributed by atoms with van der Waals surface area (Å²) in [4.78, 5) is 16.1. The summed E-state index contributed by atoms with van der Waals surface area (Å²) in [5, 5.41) is 2.07. The molecule has 32 heavy (non-hydrogen) atoms. The first kappa shape index (κ1) is 23.2. The van der Waals surface area contributed by atoms with E-state index in [1.807, 2.05) is 0 Å². The number of nitrogens with one attached hydrogen (secondary N) is 1.